The lowest BCUT2D eigenvalue weighted by molar-refractivity contribution is -0.136. The topological polar surface area (TPSA) is 174 Å². The summed E-state index contributed by atoms with van der Waals surface area (Å²) in [4.78, 5) is 34.9. The molecule has 1 heterocycles. The van der Waals surface area contributed by atoms with E-state index in [-0.39, 0.29) is 24.6 Å². The van der Waals surface area contributed by atoms with Gasteiger partial charge in [0.25, 0.3) is 0 Å². The van der Waals surface area contributed by atoms with Crippen LogP contribution in [0.1, 0.15) is 48.9 Å². The number of ether oxygens (including phenoxy) is 1. The monoisotopic (exact) mass is 648 g/mol. The normalized spacial score (nSPS) is 17.5. The van der Waals surface area contributed by atoms with Crippen molar-refractivity contribution in [3.63, 3.8) is 0 Å². The number of hydrogen-bond acceptors (Lipinski definition) is 7. The number of nitrogens with zero attached hydrogens (tertiary/aromatic N) is 1. The van der Waals surface area contributed by atoms with Crippen molar-refractivity contribution in [2.24, 2.45) is 0 Å². The molecular formula is C30H37ClN4O8S. The van der Waals surface area contributed by atoms with Gasteiger partial charge >= 0.3 is 18.0 Å². The summed E-state index contributed by atoms with van der Waals surface area (Å²) in [5, 5.41) is 28.1. The zero-order valence-electron chi connectivity index (χ0n) is 24.3. The zero-order valence-corrected chi connectivity index (χ0v) is 25.9. The van der Waals surface area contributed by atoms with Crippen LogP contribution in [0.2, 0.25) is 5.02 Å². The molecule has 5 N–H and O–H groups in total. The molecule has 0 radical (unpaired) electrons. The Bertz CT molecular complexity index is 1510. The van der Waals surface area contributed by atoms with E-state index in [0.717, 1.165) is 37.8 Å². The van der Waals surface area contributed by atoms with Gasteiger partial charge in [-0.2, -0.15) is 0 Å². The fourth-order valence-electron chi connectivity index (χ4n) is 5.84. The summed E-state index contributed by atoms with van der Waals surface area (Å²) in [5.74, 6) is -3.54. The number of aliphatic carboxylic acids is 2. The maximum atomic E-state index is 13.2. The van der Waals surface area contributed by atoms with Crippen LogP contribution in [0, 0.1) is 0 Å². The molecule has 12 nitrogen and oxygen atoms in total. The number of carbonyl (C=O) groups is 3. The molecular weight excluding hydrogens is 612 g/mol. The van der Waals surface area contributed by atoms with E-state index in [4.69, 9.17) is 16.3 Å². The number of urea groups is 1. The molecule has 2 aromatic rings. The predicted octanol–water partition coefficient (Wildman–Crippen LogP) is 3.03. The van der Waals surface area contributed by atoms with Crippen molar-refractivity contribution in [2.75, 3.05) is 38.5 Å². The highest BCUT2D eigenvalue weighted by Crippen LogP contribution is 2.53. The third-order valence-electron chi connectivity index (χ3n) is 8.02. The number of carboxylic acids is 2. The second kappa shape index (κ2) is 14.3. The lowest BCUT2D eigenvalue weighted by Crippen LogP contribution is -2.49. The average Bonchev–Trinajstić information content (AvgIpc) is 2.94. The van der Waals surface area contributed by atoms with Gasteiger partial charge in [0.2, 0.25) is 10.0 Å². The van der Waals surface area contributed by atoms with Crippen LogP contribution < -0.4 is 20.7 Å². The standard InChI is InChI=1S/C30H37ClN4O8S/c1-2-32-29(40)34-14-17-44(41,42)35(25(28(38)39)19-26(36)37)15-16-43-23-9-4-20-10-13-33-27(24(20)18-23)30(11-3-12-30)21-5-7-22(31)8-6-21/h4-9,18-19,27,33H,2-3,10-17H2,1H3,(H,36,37)(H,38,39)(H2,32,34,40)/b25-19-. The van der Waals surface area contributed by atoms with Crippen LogP contribution >= 0.6 is 11.6 Å². The Kier molecular flexibility index (Phi) is 10.8. The quantitative estimate of drug-likeness (QED) is 0.193. The number of fused-ring (bicyclic) bond motifs is 1. The Balaban J connectivity index is 1.53. The van der Waals surface area contributed by atoms with Crippen molar-refractivity contribution in [3.05, 3.63) is 76.0 Å². The van der Waals surface area contributed by atoms with Crippen LogP contribution in [0.15, 0.2) is 54.2 Å². The number of carbonyl (C=O) groups excluding carboxylic acids is 1. The first-order chi connectivity index (χ1) is 21.0. The zero-order chi connectivity index (χ0) is 31.9. The summed E-state index contributed by atoms with van der Waals surface area (Å²) >= 11 is 6.16. The predicted molar refractivity (Wildman–Crippen MR) is 164 cm³/mol. The lowest BCUT2D eigenvalue weighted by Gasteiger charge is -2.50. The average molecular weight is 649 g/mol. The molecule has 2 aliphatic rings. The Morgan fingerprint density at radius 3 is 2.48 bits per heavy atom. The van der Waals surface area contributed by atoms with E-state index in [9.17, 15) is 33.0 Å². The number of nitrogens with one attached hydrogen (secondary N) is 3. The minimum atomic E-state index is -4.37. The highest BCUT2D eigenvalue weighted by molar-refractivity contribution is 7.89. The highest BCUT2D eigenvalue weighted by atomic mass is 35.5. The van der Waals surface area contributed by atoms with E-state index in [2.05, 4.69) is 28.1 Å². The fourth-order valence-corrected chi connectivity index (χ4v) is 7.33. The van der Waals surface area contributed by atoms with Gasteiger partial charge in [0.15, 0.2) is 0 Å². The molecule has 0 aromatic heterocycles. The molecule has 0 bridgehead atoms. The first-order valence-corrected chi connectivity index (χ1v) is 16.4. The van der Waals surface area contributed by atoms with Crippen molar-refractivity contribution in [1.29, 1.82) is 0 Å². The summed E-state index contributed by atoms with van der Waals surface area (Å²) in [6.07, 6.45) is 4.27. The molecule has 4 rings (SSSR count). The van der Waals surface area contributed by atoms with Crippen molar-refractivity contribution < 1.29 is 37.8 Å². The van der Waals surface area contributed by atoms with E-state index >= 15 is 0 Å². The summed E-state index contributed by atoms with van der Waals surface area (Å²) in [6, 6.07) is 13.1. The lowest BCUT2D eigenvalue weighted by atomic mass is 9.58. The number of rotatable bonds is 14. The van der Waals surface area contributed by atoms with E-state index < -0.39 is 46.0 Å². The van der Waals surface area contributed by atoms with Gasteiger partial charge in [-0.3, -0.25) is 4.31 Å². The van der Waals surface area contributed by atoms with Gasteiger partial charge in [-0.15, -0.1) is 0 Å². The van der Waals surface area contributed by atoms with Gasteiger partial charge in [0.05, 0.1) is 18.4 Å². The molecule has 2 amide bonds. The van der Waals surface area contributed by atoms with Crippen molar-refractivity contribution in [3.8, 4) is 5.75 Å². The highest BCUT2D eigenvalue weighted by Gasteiger charge is 2.47. The summed E-state index contributed by atoms with van der Waals surface area (Å²) in [6.45, 7) is 1.80. The minimum Gasteiger partial charge on any atom is -0.492 e. The maximum absolute atomic E-state index is 13.2. The van der Waals surface area contributed by atoms with E-state index in [0.29, 0.717) is 27.7 Å². The molecule has 1 unspecified atom stereocenters. The summed E-state index contributed by atoms with van der Waals surface area (Å²) in [5.41, 5.74) is 2.43. The van der Waals surface area contributed by atoms with Gasteiger partial charge in [0, 0.05) is 29.6 Å². The van der Waals surface area contributed by atoms with Crippen LogP contribution in [0.5, 0.6) is 5.75 Å². The van der Waals surface area contributed by atoms with E-state index in [1.165, 1.54) is 11.1 Å². The van der Waals surface area contributed by atoms with Gasteiger partial charge < -0.3 is 30.9 Å². The van der Waals surface area contributed by atoms with Crippen LogP contribution in [-0.4, -0.2) is 79.4 Å². The summed E-state index contributed by atoms with van der Waals surface area (Å²) < 4.78 is 32.8. The van der Waals surface area contributed by atoms with Crippen molar-refractivity contribution in [2.45, 2.75) is 44.1 Å². The molecule has 2 aromatic carbocycles. The Hall–Kier alpha value is -3.81. The maximum Gasteiger partial charge on any atom is 0.353 e. The molecule has 14 heteroatoms. The smallest absolute Gasteiger partial charge is 0.353 e. The minimum absolute atomic E-state index is 0.0242. The van der Waals surface area contributed by atoms with Crippen LogP contribution in [0.3, 0.4) is 0 Å². The number of carboxylic acid groups (broad SMARTS) is 2. The van der Waals surface area contributed by atoms with Gasteiger partial charge in [0.1, 0.15) is 18.1 Å². The van der Waals surface area contributed by atoms with E-state index in [1.54, 1.807) is 13.0 Å². The number of amides is 2. The first-order valence-electron chi connectivity index (χ1n) is 14.4. The third-order valence-corrected chi connectivity index (χ3v) is 10.0. The first kappa shape index (κ1) is 33.1. The van der Waals surface area contributed by atoms with Crippen LogP contribution in [0.25, 0.3) is 0 Å². The van der Waals surface area contributed by atoms with Crippen molar-refractivity contribution in [1.82, 2.24) is 20.3 Å². The molecule has 0 spiro atoms. The number of halogens is 1. The third kappa shape index (κ3) is 7.63. The molecule has 44 heavy (non-hydrogen) atoms. The Labute approximate surface area is 261 Å². The number of benzene rings is 2. The van der Waals surface area contributed by atoms with Crippen molar-refractivity contribution >= 4 is 39.6 Å². The van der Waals surface area contributed by atoms with Gasteiger partial charge in [-0.25, -0.2) is 22.8 Å². The van der Waals surface area contributed by atoms with Crippen LogP contribution in [0.4, 0.5) is 4.79 Å². The van der Waals surface area contributed by atoms with Gasteiger partial charge in [-0.1, -0.05) is 36.2 Å². The molecule has 1 fully saturated rings. The molecule has 238 valence electrons. The van der Waals surface area contributed by atoms with E-state index in [1.807, 2.05) is 24.3 Å². The molecule has 0 saturated heterocycles. The summed E-state index contributed by atoms with van der Waals surface area (Å²) in [7, 11) is -4.37. The molecule has 1 aliphatic heterocycles. The number of sulfonamides is 1. The fraction of sp³-hybridized carbons (Fsp3) is 0.433. The van der Waals surface area contributed by atoms with Crippen LogP contribution in [-0.2, 0) is 31.4 Å². The number of hydrogen-bond donors (Lipinski definition) is 5. The SMILES string of the molecule is CCNC(=O)NCCS(=O)(=O)N(CCOc1ccc2c(c1)C(C1(c3ccc(Cl)cc3)CCC1)NCC2)/C(=C\C(=O)O)C(=O)O. The molecule has 1 saturated carbocycles. The second-order valence-electron chi connectivity index (χ2n) is 10.7. The Morgan fingerprint density at radius 2 is 1.86 bits per heavy atom. The Morgan fingerprint density at radius 1 is 1.14 bits per heavy atom. The molecule has 1 atom stereocenters. The largest absolute Gasteiger partial charge is 0.492 e. The molecule has 1 aliphatic carbocycles. The second-order valence-corrected chi connectivity index (χ2v) is 13.2. The van der Waals surface area contributed by atoms with Gasteiger partial charge in [-0.05, 0) is 73.7 Å².